The van der Waals surface area contributed by atoms with Gasteiger partial charge in [-0.15, -0.1) is 11.3 Å². The number of nitrogens with zero attached hydrogens (tertiary/aromatic N) is 3. The predicted molar refractivity (Wildman–Crippen MR) is 85.4 cm³/mol. The van der Waals surface area contributed by atoms with Crippen molar-refractivity contribution in [2.75, 3.05) is 11.9 Å². The summed E-state index contributed by atoms with van der Waals surface area (Å²) < 4.78 is 13.7. The number of aromatic nitrogens is 2. The van der Waals surface area contributed by atoms with Crippen molar-refractivity contribution in [1.82, 2.24) is 9.97 Å². The lowest BCUT2D eigenvalue weighted by Gasteiger charge is -2.18. The Hall–Kier alpha value is -2.81. The first-order chi connectivity index (χ1) is 11.0. The lowest BCUT2D eigenvalue weighted by molar-refractivity contribution is -0.384. The molecule has 0 saturated carbocycles. The van der Waals surface area contributed by atoms with Crippen molar-refractivity contribution in [3.63, 3.8) is 0 Å². The number of halogens is 1. The fourth-order valence-electron chi connectivity index (χ4n) is 2.27. The van der Waals surface area contributed by atoms with Gasteiger partial charge in [-0.25, -0.2) is 9.37 Å². The van der Waals surface area contributed by atoms with E-state index in [-0.39, 0.29) is 23.5 Å². The number of H-pyrrole nitrogens is 1. The Kier molecular flexibility index (Phi) is 3.78. The van der Waals surface area contributed by atoms with Crippen LogP contribution in [0.25, 0.3) is 10.2 Å². The molecule has 0 aliphatic heterocycles. The van der Waals surface area contributed by atoms with E-state index in [9.17, 15) is 19.3 Å². The summed E-state index contributed by atoms with van der Waals surface area (Å²) >= 11 is 1.30. The van der Waals surface area contributed by atoms with Gasteiger partial charge in [-0.1, -0.05) is 0 Å². The first-order valence-corrected chi connectivity index (χ1v) is 7.45. The summed E-state index contributed by atoms with van der Waals surface area (Å²) in [6, 6.07) is 5.08. The van der Waals surface area contributed by atoms with Crippen molar-refractivity contribution in [2.24, 2.45) is 0 Å². The summed E-state index contributed by atoms with van der Waals surface area (Å²) in [6.07, 6.45) is 0. The van der Waals surface area contributed by atoms with E-state index in [0.717, 1.165) is 12.1 Å². The topological polar surface area (TPSA) is 92.1 Å². The van der Waals surface area contributed by atoms with E-state index in [1.54, 1.807) is 18.5 Å². The summed E-state index contributed by atoms with van der Waals surface area (Å²) in [6.45, 7) is 0.146. The highest BCUT2D eigenvalue weighted by atomic mass is 32.1. The van der Waals surface area contributed by atoms with Crippen LogP contribution in [0.5, 0.6) is 0 Å². The Bertz CT molecular complexity index is 953. The van der Waals surface area contributed by atoms with E-state index in [1.165, 1.54) is 22.3 Å². The summed E-state index contributed by atoms with van der Waals surface area (Å²) in [7, 11) is 1.61. The van der Waals surface area contributed by atoms with Gasteiger partial charge in [-0.3, -0.25) is 14.9 Å². The zero-order chi connectivity index (χ0) is 16.6. The number of anilines is 1. The third-order valence-corrected chi connectivity index (χ3v) is 4.20. The molecule has 1 aromatic carbocycles. The van der Waals surface area contributed by atoms with Gasteiger partial charge in [-0.05, 0) is 23.6 Å². The summed E-state index contributed by atoms with van der Waals surface area (Å²) in [5.74, 6) is -0.304. The minimum absolute atomic E-state index is 0.146. The van der Waals surface area contributed by atoms with E-state index in [2.05, 4.69) is 9.97 Å². The Morgan fingerprint density at radius 1 is 1.43 bits per heavy atom. The van der Waals surface area contributed by atoms with Crippen molar-refractivity contribution >= 4 is 32.9 Å². The lowest BCUT2D eigenvalue weighted by Crippen LogP contribution is -2.22. The number of nitro groups is 1. The summed E-state index contributed by atoms with van der Waals surface area (Å²) in [5.41, 5.74) is 0.230. The molecule has 2 aromatic heterocycles. The van der Waals surface area contributed by atoms with Crippen LogP contribution >= 0.6 is 11.3 Å². The van der Waals surface area contributed by atoms with E-state index in [0.29, 0.717) is 16.0 Å². The smallest absolute Gasteiger partial charge is 0.295 e. The molecule has 1 N–H and O–H groups in total. The average Bonchev–Trinajstić information content (AvgIpc) is 2.95. The van der Waals surface area contributed by atoms with Crippen LogP contribution in [0.3, 0.4) is 0 Å². The molecule has 0 aliphatic rings. The van der Waals surface area contributed by atoms with Crippen LogP contribution in [-0.4, -0.2) is 21.9 Å². The van der Waals surface area contributed by atoms with Gasteiger partial charge in [0.2, 0.25) is 0 Å². The molecule has 7 nitrogen and oxygen atoms in total. The Morgan fingerprint density at radius 2 is 2.22 bits per heavy atom. The molecule has 0 radical (unpaired) electrons. The molecule has 9 heteroatoms. The molecule has 0 amide bonds. The van der Waals surface area contributed by atoms with Gasteiger partial charge in [0.05, 0.1) is 23.1 Å². The number of fused-ring (bicyclic) bond motifs is 1. The molecule has 0 unspecified atom stereocenters. The van der Waals surface area contributed by atoms with E-state index in [1.807, 2.05) is 0 Å². The second-order valence-corrected chi connectivity index (χ2v) is 5.81. The standard InChI is InChI=1S/C14H11FN4O3S/c1-18(10-3-2-8(15)6-11(10)19(21)22)7-12-16-9-4-5-23-13(9)14(20)17-12/h2-6H,7H2,1H3,(H,16,17,20). The molecule has 2 heterocycles. The van der Waals surface area contributed by atoms with Gasteiger partial charge in [-0.2, -0.15) is 0 Å². The summed E-state index contributed by atoms with van der Waals surface area (Å²) in [4.78, 5) is 30.9. The number of hydrogen-bond acceptors (Lipinski definition) is 6. The number of nitrogens with one attached hydrogen (secondary N) is 1. The van der Waals surface area contributed by atoms with Gasteiger partial charge >= 0.3 is 0 Å². The first-order valence-electron chi connectivity index (χ1n) is 6.57. The highest BCUT2D eigenvalue weighted by molar-refractivity contribution is 7.17. The molecule has 23 heavy (non-hydrogen) atoms. The van der Waals surface area contributed by atoms with Crippen LogP contribution in [0.15, 0.2) is 34.4 Å². The normalized spacial score (nSPS) is 10.9. The monoisotopic (exact) mass is 334 g/mol. The molecule has 0 fully saturated rings. The summed E-state index contributed by atoms with van der Waals surface area (Å²) in [5, 5.41) is 12.8. The molecule has 0 aliphatic carbocycles. The molecule has 3 rings (SSSR count). The Morgan fingerprint density at radius 3 is 2.96 bits per heavy atom. The zero-order valence-corrected chi connectivity index (χ0v) is 12.8. The fraction of sp³-hybridized carbons (Fsp3) is 0.143. The van der Waals surface area contributed by atoms with Crippen LogP contribution in [0, 0.1) is 15.9 Å². The number of aromatic amines is 1. The maximum absolute atomic E-state index is 13.2. The number of rotatable bonds is 4. The molecule has 0 bridgehead atoms. The Balaban J connectivity index is 1.96. The van der Waals surface area contributed by atoms with Crippen LogP contribution in [0.2, 0.25) is 0 Å². The van der Waals surface area contributed by atoms with Crippen molar-refractivity contribution in [3.05, 3.63) is 61.8 Å². The first kappa shape index (κ1) is 15.1. The molecular weight excluding hydrogens is 323 g/mol. The molecule has 118 valence electrons. The van der Waals surface area contributed by atoms with Gasteiger partial charge in [0.15, 0.2) is 0 Å². The van der Waals surface area contributed by atoms with Crippen LogP contribution in [0.1, 0.15) is 5.82 Å². The maximum Gasteiger partial charge on any atom is 0.295 e. The van der Waals surface area contributed by atoms with Crippen molar-refractivity contribution in [3.8, 4) is 0 Å². The number of nitro benzene ring substituents is 1. The van der Waals surface area contributed by atoms with Crippen molar-refractivity contribution in [1.29, 1.82) is 0 Å². The fourth-order valence-corrected chi connectivity index (χ4v) is 3.00. The second kappa shape index (κ2) is 5.76. The number of hydrogen-bond donors (Lipinski definition) is 1. The second-order valence-electron chi connectivity index (χ2n) is 4.89. The quantitative estimate of drug-likeness (QED) is 0.585. The molecule has 0 spiro atoms. The van der Waals surface area contributed by atoms with Gasteiger partial charge < -0.3 is 9.88 Å². The molecule has 0 atom stereocenters. The highest BCUT2D eigenvalue weighted by Gasteiger charge is 2.19. The van der Waals surface area contributed by atoms with Gasteiger partial charge in [0, 0.05) is 7.05 Å². The lowest BCUT2D eigenvalue weighted by atomic mass is 10.2. The van der Waals surface area contributed by atoms with E-state index in [4.69, 9.17) is 0 Å². The van der Waals surface area contributed by atoms with Crippen LogP contribution < -0.4 is 10.5 Å². The highest BCUT2D eigenvalue weighted by Crippen LogP contribution is 2.28. The minimum Gasteiger partial charge on any atom is -0.362 e. The third-order valence-electron chi connectivity index (χ3n) is 3.30. The van der Waals surface area contributed by atoms with Crippen molar-refractivity contribution < 1.29 is 9.31 Å². The molecule has 0 saturated heterocycles. The zero-order valence-electron chi connectivity index (χ0n) is 11.9. The van der Waals surface area contributed by atoms with E-state index >= 15 is 0 Å². The number of thiophene rings is 1. The maximum atomic E-state index is 13.2. The van der Waals surface area contributed by atoms with Crippen LogP contribution in [0.4, 0.5) is 15.8 Å². The van der Waals surface area contributed by atoms with Gasteiger partial charge in [0.1, 0.15) is 22.0 Å². The SMILES string of the molecule is CN(Cc1nc2ccsc2c(=O)[nH]1)c1ccc(F)cc1[N+](=O)[O-]. The average molecular weight is 334 g/mol. The number of benzene rings is 1. The van der Waals surface area contributed by atoms with Crippen LogP contribution in [-0.2, 0) is 6.54 Å². The molecule has 3 aromatic rings. The third kappa shape index (κ3) is 2.90. The van der Waals surface area contributed by atoms with E-state index < -0.39 is 10.7 Å². The largest absolute Gasteiger partial charge is 0.362 e. The molecular formula is C14H11FN4O3S. The minimum atomic E-state index is -0.680. The Labute approximate surface area is 133 Å². The predicted octanol–water partition coefficient (Wildman–Crippen LogP) is 2.67. The van der Waals surface area contributed by atoms with Crippen molar-refractivity contribution in [2.45, 2.75) is 6.54 Å². The van der Waals surface area contributed by atoms with Gasteiger partial charge in [0.25, 0.3) is 11.2 Å².